The van der Waals surface area contributed by atoms with E-state index < -0.39 is 5.60 Å². The number of allylic oxidation sites excluding steroid dienone is 4. The first kappa shape index (κ1) is 27.8. The van der Waals surface area contributed by atoms with Gasteiger partial charge in [-0.15, -0.1) is 0 Å². The van der Waals surface area contributed by atoms with Gasteiger partial charge in [-0.3, -0.25) is 9.59 Å². The Labute approximate surface area is 191 Å². The summed E-state index contributed by atoms with van der Waals surface area (Å²) in [7, 11) is 0. The van der Waals surface area contributed by atoms with Gasteiger partial charge in [0.15, 0.2) is 11.6 Å². The summed E-state index contributed by atoms with van der Waals surface area (Å²) in [5, 5.41) is 10.8. The first-order chi connectivity index (χ1) is 14.4. The van der Waals surface area contributed by atoms with Crippen LogP contribution in [0.1, 0.15) is 119 Å². The molecule has 1 rings (SSSR count). The minimum absolute atomic E-state index is 0.0417. The van der Waals surface area contributed by atoms with Gasteiger partial charge in [-0.1, -0.05) is 79.1 Å². The lowest BCUT2D eigenvalue weighted by atomic mass is 9.84. The fourth-order valence-corrected chi connectivity index (χ4v) is 4.45. The average Bonchev–Trinajstić information content (AvgIpc) is 2.67. The van der Waals surface area contributed by atoms with Crippen molar-refractivity contribution in [1.29, 1.82) is 0 Å². The zero-order valence-electron chi connectivity index (χ0n) is 21.4. The van der Waals surface area contributed by atoms with Gasteiger partial charge in [0.05, 0.1) is 5.60 Å². The van der Waals surface area contributed by atoms with Gasteiger partial charge in [-0.05, 0) is 63.9 Å². The predicted molar refractivity (Wildman–Crippen MR) is 131 cm³/mol. The monoisotopic (exact) mass is 432 g/mol. The Bertz CT molecular complexity index is 651. The number of aliphatic hydroxyl groups is 1. The zero-order valence-corrected chi connectivity index (χ0v) is 21.4. The lowest BCUT2D eigenvalue weighted by molar-refractivity contribution is -0.116. The van der Waals surface area contributed by atoms with Gasteiger partial charge in [0, 0.05) is 16.7 Å². The largest absolute Gasteiger partial charge is 0.390 e. The third-order valence-electron chi connectivity index (χ3n) is 7.09. The molecule has 0 aromatic carbocycles. The van der Waals surface area contributed by atoms with Crippen molar-refractivity contribution < 1.29 is 14.7 Å². The fourth-order valence-electron chi connectivity index (χ4n) is 4.45. The number of hydrogen-bond donors (Lipinski definition) is 1. The van der Waals surface area contributed by atoms with Gasteiger partial charge in [0.2, 0.25) is 0 Å². The Kier molecular flexibility index (Phi) is 12.0. The molecule has 0 aliphatic heterocycles. The molecule has 0 bridgehead atoms. The van der Waals surface area contributed by atoms with E-state index >= 15 is 0 Å². The molecule has 3 atom stereocenters. The summed E-state index contributed by atoms with van der Waals surface area (Å²) in [6, 6.07) is 0. The highest BCUT2D eigenvalue weighted by atomic mass is 16.3. The molecule has 0 amide bonds. The van der Waals surface area contributed by atoms with Gasteiger partial charge in [0.1, 0.15) is 0 Å². The molecule has 0 fully saturated rings. The molecule has 1 unspecified atom stereocenters. The van der Waals surface area contributed by atoms with Crippen LogP contribution in [0.15, 0.2) is 22.8 Å². The Morgan fingerprint density at radius 3 is 1.87 bits per heavy atom. The van der Waals surface area contributed by atoms with E-state index in [-0.39, 0.29) is 11.6 Å². The number of carbonyl (C=O) groups is 2. The second-order valence-corrected chi connectivity index (χ2v) is 11.0. The molecule has 0 spiro atoms. The molecule has 1 aliphatic rings. The normalized spacial score (nSPS) is 18.9. The molecule has 178 valence electrons. The number of ketones is 2. The summed E-state index contributed by atoms with van der Waals surface area (Å²) in [5.41, 5.74) is 0.841. The highest BCUT2D eigenvalue weighted by molar-refractivity contribution is 6.22. The molecule has 0 saturated carbocycles. The Morgan fingerprint density at radius 2 is 1.32 bits per heavy atom. The second kappa shape index (κ2) is 13.4. The zero-order chi connectivity index (χ0) is 23.6. The van der Waals surface area contributed by atoms with Gasteiger partial charge in [-0.2, -0.15) is 0 Å². The van der Waals surface area contributed by atoms with E-state index in [4.69, 9.17) is 0 Å². The summed E-state index contributed by atoms with van der Waals surface area (Å²) in [5.74, 6) is 2.22. The molecule has 3 heteroatoms. The maximum atomic E-state index is 12.4. The van der Waals surface area contributed by atoms with Crippen LogP contribution >= 0.6 is 0 Å². The van der Waals surface area contributed by atoms with Crippen molar-refractivity contribution in [1.82, 2.24) is 0 Å². The van der Waals surface area contributed by atoms with E-state index in [1.54, 1.807) is 13.8 Å². The van der Waals surface area contributed by atoms with Crippen LogP contribution in [0.25, 0.3) is 0 Å². The van der Waals surface area contributed by atoms with E-state index in [0.717, 1.165) is 31.1 Å². The molecule has 1 N–H and O–H groups in total. The maximum Gasteiger partial charge on any atom is 0.185 e. The number of hydrogen-bond acceptors (Lipinski definition) is 3. The van der Waals surface area contributed by atoms with Gasteiger partial charge in [-0.25, -0.2) is 0 Å². The van der Waals surface area contributed by atoms with E-state index in [0.29, 0.717) is 35.5 Å². The van der Waals surface area contributed by atoms with Crippen molar-refractivity contribution in [3.63, 3.8) is 0 Å². The molecule has 0 saturated heterocycles. The Hall–Kier alpha value is -1.22. The van der Waals surface area contributed by atoms with Crippen molar-refractivity contribution in [2.24, 2.45) is 17.8 Å². The van der Waals surface area contributed by atoms with Crippen molar-refractivity contribution in [3.05, 3.63) is 22.8 Å². The fraction of sp³-hybridized carbons (Fsp3) is 0.786. The van der Waals surface area contributed by atoms with Crippen LogP contribution in [-0.4, -0.2) is 22.3 Å². The third-order valence-corrected chi connectivity index (χ3v) is 7.09. The quantitative estimate of drug-likeness (QED) is 0.275. The SMILES string of the molecule is CC1=C(C)C(=O)C(CCC(C)(O)CCC[C@H](C)CCC[C@H](C)CCCC(C)C)=CC1=O. The van der Waals surface area contributed by atoms with E-state index in [1.165, 1.54) is 44.6 Å². The molecule has 0 aromatic rings. The van der Waals surface area contributed by atoms with Crippen molar-refractivity contribution in [3.8, 4) is 0 Å². The van der Waals surface area contributed by atoms with E-state index in [9.17, 15) is 14.7 Å². The lowest BCUT2D eigenvalue weighted by Gasteiger charge is -2.25. The molecule has 3 nitrogen and oxygen atoms in total. The van der Waals surface area contributed by atoms with Crippen molar-refractivity contribution in [2.75, 3.05) is 0 Å². The first-order valence-electron chi connectivity index (χ1n) is 12.6. The lowest BCUT2D eigenvalue weighted by Crippen LogP contribution is -2.26. The van der Waals surface area contributed by atoms with Gasteiger partial charge >= 0.3 is 0 Å². The van der Waals surface area contributed by atoms with Gasteiger partial charge in [0.25, 0.3) is 0 Å². The molecule has 0 heterocycles. The van der Waals surface area contributed by atoms with Gasteiger partial charge < -0.3 is 5.11 Å². The summed E-state index contributed by atoms with van der Waals surface area (Å²) in [6.45, 7) is 14.6. The molecular formula is C28H48O3. The van der Waals surface area contributed by atoms with Crippen LogP contribution in [0.4, 0.5) is 0 Å². The first-order valence-corrected chi connectivity index (χ1v) is 12.6. The second-order valence-electron chi connectivity index (χ2n) is 11.0. The minimum atomic E-state index is -0.793. The van der Waals surface area contributed by atoms with Crippen LogP contribution in [-0.2, 0) is 9.59 Å². The minimum Gasteiger partial charge on any atom is -0.390 e. The summed E-state index contributed by atoms with van der Waals surface area (Å²) >= 11 is 0. The number of Topliss-reactive ketones (excluding diaryl/α,β-unsaturated/α-hetero) is 1. The topological polar surface area (TPSA) is 54.4 Å². The molecule has 31 heavy (non-hydrogen) atoms. The van der Waals surface area contributed by atoms with E-state index in [2.05, 4.69) is 27.7 Å². The maximum absolute atomic E-state index is 12.4. The molecule has 0 aromatic heterocycles. The Balaban J connectivity index is 2.25. The van der Waals surface area contributed by atoms with Crippen molar-refractivity contribution in [2.45, 2.75) is 125 Å². The van der Waals surface area contributed by atoms with Crippen LogP contribution in [0.3, 0.4) is 0 Å². The molecule has 0 radical (unpaired) electrons. The highest BCUT2D eigenvalue weighted by Crippen LogP contribution is 2.28. The standard InChI is InChI=1S/C28H48O3/c1-20(2)11-8-12-21(3)13-9-14-22(4)15-10-17-28(7,31)18-16-25-19-26(29)23(5)24(6)27(25)30/h19-22,31H,8-18H2,1-7H3/t21-,22-,28?/m1/s1. The van der Waals surface area contributed by atoms with Crippen LogP contribution < -0.4 is 0 Å². The van der Waals surface area contributed by atoms with Crippen LogP contribution in [0, 0.1) is 17.8 Å². The Morgan fingerprint density at radius 1 is 0.806 bits per heavy atom. The molecule has 1 aliphatic carbocycles. The summed E-state index contributed by atoms with van der Waals surface area (Å²) in [4.78, 5) is 24.4. The summed E-state index contributed by atoms with van der Waals surface area (Å²) < 4.78 is 0. The average molecular weight is 433 g/mol. The van der Waals surface area contributed by atoms with Crippen LogP contribution in [0.2, 0.25) is 0 Å². The number of carbonyl (C=O) groups excluding carboxylic acids is 2. The summed E-state index contributed by atoms with van der Waals surface area (Å²) in [6.07, 6.45) is 13.3. The highest BCUT2D eigenvalue weighted by Gasteiger charge is 2.26. The third kappa shape index (κ3) is 10.8. The van der Waals surface area contributed by atoms with Crippen molar-refractivity contribution >= 4 is 11.6 Å². The predicted octanol–water partition coefficient (Wildman–Crippen LogP) is 7.37. The molecular weight excluding hydrogens is 384 g/mol. The van der Waals surface area contributed by atoms with Crippen LogP contribution in [0.5, 0.6) is 0 Å². The van der Waals surface area contributed by atoms with E-state index in [1.807, 2.05) is 6.92 Å². The smallest absolute Gasteiger partial charge is 0.185 e. The number of rotatable bonds is 15.